The van der Waals surface area contributed by atoms with Gasteiger partial charge in [0.15, 0.2) is 5.82 Å². The fourth-order valence-electron chi connectivity index (χ4n) is 7.40. The van der Waals surface area contributed by atoms with Gasteiger partial charge in [-0.3, -0.25) is 28.8 Å². The Morgan fingerprint density at radius 1 is 1.12 bits per heavy atom. The van der Waals surface area contributed by atoms with Gasteiger partial charge in [0.2, 0.25) is 5.91 Å². The number of alkyl halides is 3. The molecule has 10 nitrogen and oxygen atoms in total. The predicted molar refractivity (Wildman–Crippen MR) is 188 cm³/mol. The second-order valence-electron chi connectivity index (χ2n) is 13.4. The molecule has 2 aromatic heterocycles. The molecule has 0 radical (unpaired) electrons. The maximum absolute atomic E-state index is 13.5. The number of benzene rings is 2. The van der Waals surface area contributed by atoms with Crippen molar-refractivity contribution in [2.75, 3.05) is 44.7 Å². The number of anilines is 1. The molecule has 268 valence electrons. The molecule has 0 unspecified atom stereocenters. The highest BCUT2D eigenvalue weighted by Gasteiger charge is 2.48. The number of pyridine rings is 1. The average molecular weight is 743 g/mol. The number of likely N-dealkylation sites (tertiary alicyclic amines) is 1. The summed E-state index contributed by atoms with van der Waals surface area (Å²) in [5.74, 6) is -0.148. The number of aromatic nitrogens is 3. The molecule has 0 aliphatic carbocycles. The number of carbonyl (C=O) groups excluding carboxylic acids is 2. The molecule has 1 spiro atoms. The van der Waals surface area contributed by atoms with Crippen molar-refractivity contribution in [3.63, 3.8) is 0 Å². The van der Waals surface area contributed by atoms with Gasteiger partial charge in [-0.2, -0.15) is 8.78 Å². The largest absolute Gasteiger partial charge is 0.434 e. The Bertz CT molecular complexity index is 1990. The molecule has 51 heavy (non-hydrogen) atoms. The molecule has 2 amide bonds. The van der Waals surface area contributed by atoms with E-state index in [9.17, 15) is 22.8 Å². The normalized spacial score (nSPS) is 17.0. The molecular weight excluding hydrogens is 706 g/mol. The summed E-state index contributed by atoms with van der Waals surface area (Å²) >= 11 is 13.8. The minimum atomic E-state index is -3.04. The maximum atomic E-state index is 13.5. The predicted octanol–water partition coefficient (Wildman–Crippen LogP) is 6.35. The van der Waals surface area contributed by atoms with Crippen molar-refractivity contribution in [3.05, 3.63) is 81.5 Å². The Morgan fingerprint density at radius 2 is 1.92 bits per heavy atom. The van der Waals surface area contributed by atoms with Crippen LogP contribution in [0.4, 0.5) is 18.9 Å². The highest BCUT2D eigenvalue weighted by molar-refractivity contribution is 6.39. The summed E-state index contributed by atoms with van der Waals surface area (Å²) in [7, 11) is 1.80. The third kappa shape index (κ3) is 7.17. The fraction of sp³-hybridized carbons (Fsp3) is 0.389. The minimum Gasteiger partial charge on any atom is -0.434 e. The molecule has 5 heterocycles. The van der Waals surface area contributed by atoms with E-state index in [1.54, 1.807) is 54.2 Å². The van der Waals surface area contributed by atoms with Crippen molar-refractivity contribution in [3.8, 4) is 28.1 Å². The lowest BCUT2D eigenvalue weighted by molar-refractivity contribution is -0.120. The number of imidazole rings is 1. The maximum Gasteiger partial charge on any atom is 0.387 e. The number of amides is 2. The van der Waals surface area contributed by atoms with Crippen LogP contribution >= 0.6 is 23.2 Å². The van der Waals surface area contributed by atoms with Gasteiger partial charge in [-0.05, 0) is 24.6 Å². The second-order valence-corrected chi connectivity index (χ2v) is 14.2. The Morgan fingerprint density at radius 3 is 2.67 bits per heavy atom. The number of nitrogens with one attached hydrogen (secondary N) is 2. The molecule has 0 atom stereocenters. The zero-order chi connectivity index (χ0) is 35.9. The topological polar surface area (TPSA) is 105 Å². The smallest absolute Gasteiger partial charge is 0.387 e. The van der Waals surface area contributed by atoms with Gasteiger partial charge in [0.1, 0.15) is 5.75 Å². The van der Waals surface area contributed by atoms with Crippen molar-refractivity contribution in [1.82, 2.24) is 29.7 Å². The van der Waals surface area contributed by atoms with E-state index < -0.39 is 12.5 Å². The van der Waals surface area contributed by atoms with Crippen molar-refractivity contribution >= 4 is 40.7 Å². The van der Waals surface area contributed by atoms with Crippen LogP contribution in [0.25, 0.3) is 22.4 Å². The van der Waals surface area contributed by atoms with E-state index in [-0.39, 0.29) is 39.6 Å². The number of fused-ring (bicyclic) bond motifs is 1. The van der Waals surface area contributed by atoms with E-state index in [1.807, 2.05) is 0 Å². The molecule has 3 aliphatic rings. The van der Waals surface area contributed by atoms with Gasteiger partial charge in [-0.15, -0.1) is 0 Å². The van der Waals surface area contributed by atoms with Crippen LogP contribution in [0, 0.1) is 5.41 Å². The summed E-state index contributed by atoms with van der Waals surface area (Å²) in [5.41, 5.74) is 4.44. The summed E-state index contributed by atoms with van der Waals surface area (Å²) in [6, 6.07) is 11.8. The van der Waals surface area contributed by atoms with E-state index >= 15 is 0 Å². The number of nitrogens with zero attached hydrogens (tertiary/aromatic N) is 5. The molecule has 2 fully saturated rings. The summed E-state index contributed by atoms with van der Waals surface area (Å²) < 4.78 is 46.5. The number of hydrogen-bond acceptors (Lipinski definition) is 7. The van der Waals surface area contributed by atoms with Crippen LogP contribution in [0.5, 0.6) is 5.75 Å². The van der Waals surface area contributed by atoms with Crippen LogP contribution in [0.15, 0.2) is 48.7 Å². The number of carbonyl (C=O) groups is 2. The summed E-state index contributed by atoms with van der Waals surface area (Å²) in [6.45, 7) is 0.904. The molecular formula is C36H36Cl2F3N7O3. The number of ether oxygens (including phenoxy) is 1. The summed E-state index contributed by atoms with van der Waals surface area (Å²) in [4.78, 5) is 38.5. The van der Waals surface area contributed by atoms with Gasteiger partial charge in [-0.1, -0.05) is 47.5 Å². The lowest BCUT2D eigenvalue weighted by Crippen LogP contribution is -2.56. The fourth-order valence-corrected chi connectivity index (χ4v) is 7.99. The van der Waals surface area contributed by atoms with Crippen LogP contribution in [-0.4, -0.2) is 82.2 Å². The Labute approximate surface area is 302 Å². The molecule has 7 rings (SSSR count). The van der Waals surface area contributed by atoms with Gasteiger partial charge in [0.05, 0.1) is 33.8 Å². The zero-order valence-electron chi connectivity index (χ0n) is 27.8. The Kier molecular flexibility index (Phi) is 9.99. The van der Waals surface area contributed by atoms with E-state index in [2.05, 4.69) is 30.4 Å². The SMILES string of the molecule is Cn1c(C(=O)Nc2cccc(-c3ccnc(-c4ccc(CN5CC6(CNC(=O)C6)C5)c(OC(F)F)c4)c3Cl)c2Cl)nc2c1CCN(CCCF)C2. The molecule has 0 bridgehead atoms. The molecule has 4 aromatic rings. The molecule has 2 saturated heterocycles. The third-order valence-corrected chi connectivity index (χ3v) is 10.6. The van der Waals surface area contributed by atoms with E-state index in [0.29, 0.717) is 92.2 Å². The van der Waals surface area contributed by atoms with Gasteiger partial charge in [-0.25, -0.2) is 4.98 Å². The number of rotatable bonds is 11. The van der Waals surface area contributed by atoms with Crippen LogP contribution in [-0.2, 0) is 31.4 Å². The first kappa shape index (κ1) is 35.2. The first-order chi connectivity index (χ1) is 24.5. The van der Waals surface area contributed by atoms with E-state index in [1.165, 1.54) is 6.07 Å². The highest BCUT2D eigenvalue weighted by Crippen LogP contribution is 2.42. The summed E-state index contributed by atoms with van der Waals surface area (Å²) in [5, 5.41) is 6.23. The van der Waals surface area contributed by atoms with Crippen LogP contribution in [0.1, 0.15) is 40.4 Å². The molecule has 0 saturated carbocycles. The molecule has 3 aliphatic heterocycles. The van der Waals surface area contributed by atoms with Crippen molar-refractivity contribution < 1.29 is 27.5 Å². The second kappa shape index (κ2) is 14.5. The van der Waals surface area contributed by atoms with Crippen LogP contribution in [0.3, 0.4) is 0 Å². The monoisotopic (exact) mass is 741 g/mol. The lowest BCUT2D eigenvalue weighted by Gasteiger charge is -2.47. The standard InChI is InChI=1S/C36H36Cl2F3N7O3/c1-46-27-9-13-47(12-3-10-39)17-26(27)44-33(46)34(50)45-25-5-2-4-23(30(25)37)24-8-11-42-32(31(24)38)21-6-7-22(28(14-21)51-35(40)41)16-48-19-36(20-48)15-29(49)43-18-36/h2,4-8,11,14,35H,3,9-10,12-13,15-20H2,1H3,(H,43,49)(H,45,50). The van der Waals surface area contributed by atoms with Crippen molar-refractivity contribution in [2.45, 2.75) is 39.0 Å². The van der Waals surface area contributed by atoms with Crippen LogP contribution < -0.4 is 15.4 Å². The van der Waals surface area contributed by atoms with Gasteiger partial charge in [0.25, 0.3) is 5.91 Å². The summed E-state index contributed by atoms with van der Waals surface area (Å²) in [6.07, 6.45) is 3.18. The Hall–Kier alpha value is -4.17. The quantitative estimate of drug-likeness (QED) is 0.185. The minimum absolute atomic E-state index is 0.0125. The molecule has 2 aromatic carbocycles. The van der Waals surface area contributed by atoms with Gasteiger partial charge < -0.3 is 19.9 Å². The Balaban J connectivity index is 1.11. The first-order valence-electron chi connectivity index (χ1n) is 16.7. The third-order valence-electron chi connectivity index (χ3n) is 9.84. The first-order valence-corrected chi connectivity index (χ1v) is 17.4. The zero-order valence-corrected chi connectivity index (χ0v) is 29.3. The van der Waals surface area contributed by atoms with Crippen molar-refractivity contribution in [2.24, 2.45) is 12.5 Å². The van der Waals surface area contributed by atoms with Gasteiger partial charge >= 0.3 is 6.61 Å². The van der Waals surface area contributed by atoms with E-state index in [4.69, 9.17) is 27.9 Å². The van der Waals surface area contributed by atoms with E-state index in [0.717, 1.165) is 17.9 Å². The van der Waals surface area contributed by atoms with Gasteiger partial charge in [0, 0.05) is 105 Å². The molecule has 15 heteroatoms. The average Bonchev–Trinajstić information content (AvgIpc) is 3.64. The van der Waals surface area contributed by atoms with Crippen molar-refractivity contribution in [1.29, 1.82) is 0 Å². The number of hydrogen-bond donors (Lipinski definition) is 2. The molecule has 2 N–H and O–H groups in total. The lowest BCUT2D eigenvalue weighted by atomic mass is 9.79. The van der Waals surface area contributed by atoms with Crippen LogP contribution in [0.2, 0.25) is 10.0 Å². The number of halogens is 5. The highest BCUT2D eigenvalue weighted by atomic mass is 35.5.